The van der Waals surface area contributed by atoms with Gasteiger partial charge in [-0.1, -0.05) is 0 Å². The molecule has 1 fully saturated rings. The maximum Gasteiger partial charge on any atom is 0.349 e. The summed E-state index contributed by atoms with van der Waals surface area (Å²) < 4.78 is 7.20. The van der Waals surface area contributed by atoms with E-state index in [9.17, 15) is 14.4 Å². The van der Waals surface area contributed by atoms with E-state index >= 15 is 0 Å². The van der Waals surface area contributed by atoms with Crippen molar-refractivity contribution in [3.05, 3.63) is 67.9 Å². The van der Waals surface area contributed by atoms with E-state index in [0.717, 1.165) is 39.9 Å². The molecule has 3 aromatic rings. The molecule has 0 saturated heterocycles. The number of ether oxygens (including phenoxy) is 1. The van der Waals surface area contributed by atoms with E-state index < -0.39 is 11.2 Å². The van der Waals surface area contributed by atoms with E-state index in [1.54, 1.807) is 12.1 Å². The van der Waals surface area contributed by atoms with Crippen LogP contribution in [0.4, 0.5) is 11.5 Å². The first kappa shape index (κ1) is 18.2. The van der Waals surface area contributed by atoms with Gasteiger partial charge in [0, 0.05) is 5.69 Å². The number of fused-ring (bicyclic) bond motifs is 2. The van der Waals surface area contributed by atoms with Crippen LogP contribution in [0, 0.1) is 13.8 Å². The van der Waals surface area contributed by atoms with Crippen molar-refractivity contribution in [3.63, 3.8) is 0 Å². The molecule has 1 aliphatic carbocycles. The molecule has 0 bridgehead atoms. The molecule has 30 heavy (non-hydrogen) atoms. The monoisotopic (exact) mass is 405 g/mol. The first-order valence-corrected chi connectivity index (χ1v) is 9.53. The normalized spacial score (nSPS) is 15.7. The van der Waals surface area contributed by atoms with E-state index in [1.807, 2.05) is 32.0 Å². The van der Waals surface area contributed by atoms with Crippen LogP contribution in [0.3, 0.4) is 0 Å². The van der Waals surface area contributed by atoms with E-state index in [-0.39, 0.29) is 17.1 Å². The molecule has 0 atom stereocenters. The second-order valence-corrected chi connectivity index (χ2v) is 7.81. The van der Waals surface area contributed by atoms with Crippen LogP contribution >= 0.6 is 0 Å². The third-order valence-corrected chi connectivity index (χ3v) is 5.70. The number of aryl methyl sites for hydroxylation is 2. The summed E-state index contributed by atoms with van der Waals surface area (Å²) in [5, 5.41) is 6.80. The third-order valence-electron chi connectivity index (χ3n) is 5.70. The zero-order valence-corrected chi connectivity index (χ0v) is 16.4. The van der Waals surface area contributed by atoms with Gasteiger partial charge in [0.05, 0.1) is 11.1 Å². The first-order valence-electron chi connectivity index (χ1n) is 9.53. The number of nitrogen functional groups attached to an aromatic ring is 1. The van der Waals surface area contributed by atoms with E-state index in [1.165, 1.54) is 0 Å². The molecule has 5 rings (SSSR count). The molecule has 2 aliphatic rings. The molecule has 1 spiro atoms. The summed E-state index contributed by atoms with van der Waals surface area (Å²) in [6.07, 6.45) is 1.71. The van der Waals surface area contributed by atoms with E-state index in [2.05, 4.69) is 15.4 Å². The smallest absolute Gasteiger partial charge is 0.349 e. The lowest BCUT2D eigenvalue weighted by molar-refractivity contribution is -0.117. The van der Waals surface area contributed by atoms with Gasteiger partial charge in [0.2, 0.25) is 11.7 Å². The highest BCUT2D eigenvalue weighted by atomic mass is 16.5. The Labute approximate surface area is 170 Å². The molecule has 1 aliphatic heterocycles. The van der Waals surface area contributed by atoms with Crippen LogP contribution in [0.1, 0.15) is 29.5 Å². The van der Waals surface area contributed by atoms with Gasteiger partial charge in [0.1, 0.15) is 11.5 Å². The summed E-state index contributed by atoms with van der Waals surface area (Å²) in [7, 11) is 0. The molecule has 1 saturated carbocycles. The fourth-order valence-corrected chi connectivity index (χ4v) is 3.99. The van der Waals surface area contributed by atoms with Gasteiger partial charge in [-0.3, -0.25) is 14.6 Å². The van der Waals surface area contributed by atoms with Crippen LogP contribution in [-0.4, -0.2) is 20.7 Å². The van der Waals surface area contributed by atoms with Crippen molar-refractivity contribution in [1.82, 2.24) is 14.8 Å². The third kappa shape index (κ3) is 2.62. The number of nitrogens with zero attached hydrogens (tertiary/aromatic N) is 2. The Balaban J connectivity index is 1.51. The summed E-state index contributed by atoms with van der Waals surface area (Å²) in [5.41, 5.74) is 7.61. The second kappa shape index (κ2) is 6.06. The van der Waals surface area contributed by atoms with Crippen LogP contribution in [0.15, 0.2) is 39.9 Å². The maximum atomic E-state index is 12.2. The quantitative estimate of drug-likeness (QED) is 0.610. The van der Waals surface area contributed by atoms with Crippen molar-refractivity contribution in [1.29, 1.82) is 0 Å². The Morgan fingerprint density at radius 3 is 2.47 bits per heavy atom. The predicted octanol–water partition coefficient (Wildman–Crippen LogP) is 1.90. The summed E-state index contributed by atoms with van der Waals surface area (Å²) in [6, 6.07) is 9.07. The van der Waals surface area contributed by atoms with Gasteiger partial charge in [-0.05, 0) is 73.7 Å². The topological polar surface area (TPSA) is 132 Å². The van der Waals surface area contributed by atoms with Crippen LogP contribution < -0.4 is 27.0 Å². The highest BCUT2D eigenvalue weighted by Crippen LogP contribution is 2.55. The number of nitrogens with one attached hydrogen (secondary N) is 2. The van der Waals surface area contributed by atoms with Crippen molar-refractivity contribution in [3.8, 4) is 17.2 Å². The SMILES string of the molecule is Cc1cc(-n2nc(N)c(=O)[nH]c2=O)cc(C)c1Oc1ccc2c(c1)C1(CC1)C(=O)N2. The standard InChI is InChI=1S/C21H19N5O4/c1-10-7-12(26-20(29)24-18(27)17(22)25-26)8-11(2)16(10)30-13-3-4-15-14(9-13)21(5-6-21)19(28)23-15/h3-4,7-9H,5-6H2,1-2H3,(H2,22,25)(H,23,28)(H,24,27,29). The van der Waals surface area contributed by atoms with Gasteiger partial charge in [-0.2, -0.15) is 4.68 Å². The average Bonchev–Trinajstić information content (AvgIpc) is 3.45. The molecule has 1 amide bonds. The first-order chi connectivity index (χ1) is 14.3. The largest absolute Gasteiger partial charge is 0.457 e. The summed E-state index contributed by atoms with van der Waals surface area (Å²) in [6.45, 7) is 3.71. The molecule has 2 aromatic carbocycles. The Hall–Kier alpha value is -3.88. The predicted molar refractivity (Wildman–Crippen MR) is 110 cm³/mol. The number of aromatic nitrogens is 3. The number of carbonyl (C=O) groups is 1. The van der Waals surface area contributed by atoms with Gasteiger partial charge in [-0.15, -0.1) is 5.10 Å². The minimum Gasteiger partial charge on any atom is -0.457 e. The number of hydrogen-bond acceptors (Lipinski definition) is 6. The van der Waals surface area contributed by atoms with Crippen molar-refractivity contribution >= 4 is 17.4 Å². The molecule has 152 valence electrons. The molecule has 4 N–H and O–H groups in total. The molecule has 2 heterocycles. The maximum absolute atomic E-state index is 12.2. The highest BCUT2D eigenvalue weighted by Gasteiger charge is 2.56. The molecule has 9 heteroatoms. The number of rotatable bonds is 3. The lowest BCUT2D eigenvalue weighted by atomic mass is 9.98. The van der Waals surface area contributed by atoms with E-state index in [0.29, 0.717) is 17.2 Å². The summed E-state index contributed by atoms with van der Waals surface area (Å²) >= 11 is 0. The van der Waals surface area contributed by atoms with Gasteiger partial charge in [0.25, 0.3) is 5.56 Å². The number of carbonyl (C=O) groups excluding carboxylic acids is 1. The fourth-order valence-electron chi connectivity index (χ4n) is 3.99. The zero-order chi connectivity index (χ0) is 21.2. The van der Waals surface area contributed by atoms with Gasteiger partial charge < -0.3 is 15.8 Å². The summed E-state index contributed by atoms with van der Waals surface area (Å²) in [4.78, 5) is 37.9. The van der Waals surface area contributed by atoms with Crippen molar-refractivity contribution in [2.45, 2.75) is 32.1 Å². The van der Waals surface area contributed by atoms with E-state index in [4.69, 9.17) is 10.5 Å². The summed E-state index contributed by atoms with van der Waals surface area (Å²) in [5.74, 6) is 1.05. The van der Waals surface area contributed by atoms with Crippen molar-refractivity contribution in [2.24, 2.45) is 0 Å². The number of nitrogens with two attached hydrogens (primary N) is 1. The molecule has 0 unspecified atom stereocenters. The molecular formula is C21H19N5O4. The molecule has 1 aromatic heterocycles. The molecular weight excluding hydrogens is 386 g/mol. The second-order valence-electron chi connectivity index (χ2n) is 7.81. The minimum atomic E-state index is -0.720. The lowest BCUT2D eigenvalue weighted by Crippen LogP contribution is -2.33. The lowest BCUT2D eigenvalue weighted by Gasteiger charge is -2.15. The van der Waals surface area contributed by atoms with Crippen LogP contribution in [-0.2, 0) is 10.2 Å². The number of benzene rings is 2. The Morgan fingerprint density at radius 2 is 1.80 bits per heavy atom. The number of aromatic amines is 1. The number of amides is 1. The number of anilines is 2. The molecule has 0 radical (unpaired) electrons. The molecule has 9 nitrogen and oxygen atoms in total. The van der Waals surface area contributed by atoms with Crippen LogP contribution in [0.25, 0.3) is 5.69 Å². The van der Waals surface area contributed by atoms with Crippen molar-refractivity contribution < 1.29 is 9.53 Å². The number of hydrogen-bond donors (Lipinski definition) is 3. The highest BCUT2D eigenvalue weighted by molar-refractivity contribution is 6.08. The van der Waals surface area contributed by atoms with Crippen LogP contribution in [0.5, 0.6) is 11.5 Å². The van der Waals surface area contributed by atoms with Crippen molar-refractivity contribution in [2.75, 3.05) is 11.1 Å². The van der Waals surface area contributed by atoms with Crippen LogP contribution in [0.2, 0.25) is 0 Å². The zero-order valence-electron chi connectivity index (χ0n) is 16.4. The Kier molecular flexibility index (Phi) is 3.67. The number of H-pyrrole nitrogens is 1. The minimum absolute atomic E-state index is 0.0597. The Morgan fingerprint density at radius 1 is 1.10 bits per heavy atom. The average molecular weight is 405 g/mol. The van der Waals surface area contributed by atoms with Gasteiger partial charge in [0.15, 0.2) is 0 Å². The Bertz CT molecular complexity index is 1330. The van der Waals surface area contributed by atoms with Gasteiger partial charge in [-0.25, -0.2) is 4.79 Å². The van der Waals surface area contributed by atoms with Gasteiger partial charge >= 0.3 is 5.69 Å². The fraction of sp³-hybridized carbons (Fsp3) is 0.238.